The van der Waals surface area contributed by atoms with Gasteiger partial charge in [0.2, 0.25) is 5.43 Å². The first-order chi connectivity index (χ1) is 12.5. The first kappa shape index (κ1) is 17.6. The Hall–Kier alpha value is -3.22. The zero-order chi connectivity index (χ0) is 18.7. The molecule has 26 heavy (non-hydrogen) atoms. The fraction of sp³-hybridized carbons (Fsp3) is 0.211. The Morgan fingerprint density at radius 1 is 1.27 bits per heavy atom. The van der Waals surface area contributed by atoms with Crippen molar-refractivity contribution >= 4 is 16.8 Å². The van der Waals surface area contributed by atoms with Gasteiger partial charge in [0.15, 0.2) is 5.69 Å². The van der Waals surface area contributed by atoms with Crippen LogP contribution in [0.25, 0.3) is 10.9 Å². The van der Waals surface area contributed by atoms with E-state index in [1.807, 2.05) is 24.3 Å². The zero-order valence-corrected chi connectivity index (χ0v) is 14.5. The number of rotatable bonds is 5. The maximum absolute atomic E-state index is 13.5. The van der Waals surface area contributed by atoms with Crippen molar-refractivity contribution in [1.82, 2.24) is 15.1 Å². The number of aromatic nitrogens is 2. The molecule has 0 atom stereocenters. The van der Waals surface area contributed by atoms with Crippen LogP contribution in [0.15, 0.2) is 47.3 Å². The van der Waals surface area contributed by atoms with Gasteiger partial charge in [-0.3, -0.25) is 14.3 Å². The van der Waals surface area contributed by atoms with Gasteiger partial charge in [-0.25, -0.2) is 4.39 Å². The molecule has 7 heteroatoms. The topological polar surface area (TPSA) is 73.2 Å². The average Bonchev–Trinajstić information content (AvgIpc) is 2.64. The highest BCUT2D eigenvalue weighted by molar-refractivity contribution is 5.95. The van der Waals surface area contributed by atoms with E-state index in [2.05, 4.69) is 10.4 Å². The van der Waals surface area contributed by atoms with Gasteiger partial charge in [0.05, 0.1) is 18.0 Å². The standard InChI is InChI=1S/C19H18FN3O3/c1-23-15-8-7-13(20)11-14(15)18(24)17(22-23)19(25)21-10-9-12-5-3-4-6-16(12)26-2/h3-8,11H,9-10H2,1-2H3,(H,21,25). The molecule has 0 spiro atoms. The van der Waals surface area contributed by atoms with Crippen LogP contribution in [0.1, 0.15) is 16.1 Å². The largest absolute Gasteiger partial charge is 0.496 e. The Morgan fingerprint density at radius 2 is 2.04 bits per heavy atom. The number of carbonyl (C=O) groups excluding carboxylic acids is 1. The lowest BCUT2D eigenvalue weighted by Gasteiger charge is -2.10. The second-order valence-electron chi connectivity index (χ2n) is 5.78. The lowest BCUT2D eigenvalue weighted by molar-refractivity contribution is 0.0946. The molecule has 0 bridgehead atoms. The van der Waals surface area contributed by atoms with Crippen LogP contribution in [0, 0.1) is 5.82 Å². The minimum Gasteiger partial charge on any atom is -0.496 e. The van der Waals surface area contributed by atoms with Crippen molar-refractivity contribution in [3.8, 4) is 5.75 Å². The van der Waals surface area contributed by atoms with E-state index in [0.717, 1.165) is 17.4 Å². The molecule has 0 radical (unpaired) electrons. The molecule has 1 aromatic heterocycles. The summed E-state index contributed by atoms with van der Waals surface area (Å²) in [5.41, 5.74) is 0.553. The van der Waals surface area contributed by atoms with E-state index >= 15 is 0 Å². The second-order valence-corrected chi connectivity index (χ2v) is 5.78. The molecule has 1 N–H and O–H groups in total. The molecule has 0 aliphatic heterocycles. The molecule has 3 rings (SSSR count). The molecule has 0 fully saturated rings. The number of amides is 1. The summed E-state index contributed by atoms with van der Waals surface area (Å²) in [5.74, 6) is -0.396. The Morgan fingerprint density at radius 3 is 2.81 bits per heavy atom. The Labute approximate surface area is 149 Å². The number of halogens is 1. The van der Waals surface area contributed by atoms with E-state index < -0.39 is 17.2 Å². The van der Waals surface area contributed by atoms with Crippen LogP contribution in [0.3, 0.4) is 0 Å². The number of ether oxygens (including phenoxy) is 1. The van der Waals surface area contributed by atoms with Crippen LogP contribution in [0.5, 0.6) is 5.75 Å². The molecule has 0 saturated carbocycles. The molecule has 1 amide bonds. The number of nitrogens with one attached hydrogen (secondary N) is 1. The average molecular weight is 355 g/mol. The highest BCUT2D eigenvalue weighted by atomic mass is 19.1. The summed E-state index contributed by atoms with van der Waals surface area (Å²) in [6.07, 6.45) is 0.540. The van der Waals surface area contributed by atoms with Crippen molar-refractivity contribution in [2.75, 3.05) is 13.7 Å². The highest BCUT2D eigenvalue weighted by Gasteiger charge is 2.16. The predicted molar refractivity (Wildman–Crippen MR) is 96.0 cm³/mol. The third-order valence-electron chi connectivity index (χ3n) is 4.10. The Bertz CT molecular complexity index is 1030. The summed E-state index contributed by atoms with van der Waals surface area (Å²) < 4.78 is 20.1. The summed E-state index contributed by atoms with van der Waals surface area (Å²) in [6.45, 7) is 0.311. The van der Waals surface area contributed by atoms with Crippen molar-refractivity contribution in [3.05, 3.63) is 69.8 Å². The molecule has 0 unspecified atom stereocenters. The van der Waals surface area contributed by atoms with Gasteiger partial charge in [-0.05, 0) is 36.2 Å². The predicted octanol–water partition coefficient (Wildman–Crippen LogP) is 2.05. The van der Waals surface area contributed by atoms with Gasteiger partial charge in [0.25, 0.3) is 5.91 Å². The van der Waals surface area contributed by atoms with Crippen molar-refractivity contribution in [1.29, 1.82) is 0 Å². The molecule has 6 nitrogen and oxygen atoms in total. The summed E-state index contributed by atoms with van der Waals surface area (Å²) in [6, 6.07) is 11.3. The third kappa shape index (κ3) is 3.42. The summed E-state index contributed by atoms with van der Waals surface area (Å²) in [4.78, 5) is 24.9. The van der Waals surface area contributed by atoms with E-state index in [9.17, 15) is 14.0 Å². The summed E-state index contributed by atoms with van der Waals surface area (Å²) >= 11 is 0. The number of para-hydroxylation sites is 1. The number of benzene rings is 2. The zero-order valence-electron chi connectivity index (χ0n) is 14.5. The minimum absolute atomic E-state index is 0.123. The van der Waals surface area contributed by atoms with Crippen LogP contribution >= 0.6 is 0 Å². The SMILES string of the molecule is COc1ccccc1CCNC(=O)c1nn(C)c2ccc(F)cc2c1=O. The molecule has 3 aromatic rings. The van der Waals surface area contributed by atoms with Crippen molar-refractivity contribution in [2.45, 2.75) is 6.42 Å². The van der Waals surface area contributed by atoms with Gasteiger partial charge in [-0.15, -0.1) is 0 Å². The number of nitrogens with zero attached hydrogens (tertiary/aromatic N) is 2. The summed E-state index contributed by atoms with van der Waals surface area (Å²) in [7, 11) is 3.19. The van der Waals surface area contributed by atoms with Crippen LogP contribution in [0.4, 0.5) is 4.39 Å². The number of aryl methyl sites for hydroxylation is 1. The lowest BCUT2D eigenvalue weighted by atomic mass is 10.1. The van der Waals surface area contributed by atoms with Crippen LogP contribution in [0.2, 0.25) is 0 Å². The van der Waals surface area contributed by atoms with Crippen LogP contribution < -0.4 is 15.5 Å². The number of methoxy groups -OCH3 is 1. The second kappa shape index (κ2) is 7.35. The van der Waals surface area contributed by atoms with E-state index in [1.54, 1.807) is 14.2 Å². The summed E-state index contributed by atoms with van der Waals surface area (Å²) in [5, 5.41) is 6.84. The van der Waals surface area contributed by atoms with E-state index in [4.69, 9.17) is 4.74 Å². The first-order valence-electron chi connectivity index (χ1n) is 8.08. The smallest absolute Gasteiger partial charge is 0.275 e. The van der Waals surface area contributed by atoms with Crippen molar-refractivity contribution in [3.63, 3.8) is 0 Å². The van der Waals surface area contributed by atoms with Gasteiger partial charge in [-0.1, -0.05) is 18.2 Å². The number of carbonyl (C=O) groups is 1. The van der Waals surface area contributed by atoms with Gasteiger partial charge in [-0.2, -0.15) is 5.10 Å². The van der Waals surface area contributed by atoms with Gasteiger partial charge < -0.3 is 10.1 Å². The fourth-order valence-electron chi connectivity index (χ4n) is 2.80. The minimum atomic E-state index is -0.591. The maximum atomic E-state index is 13.5. The maximum Gasteiger partial charge on any atom is 0.275 e. The fourth-order valence-corrected chi connectivity index (χ4v) is 2.80. The Kier molecular flexibility index (Phi) is 4.97. The van der Waals surface area contributed by atoms with Crippen molar-refractivity contribution < 1.29 is 13.9 Å². The molecular weight excluding hydrogens is 337 g/mol. The van der Waals surface area contributed by atoms with Gasteiger partial charge >= 0.3 is 0 Å². The monoisotopic (exact) mass is 355 g/mol. The van der Waals surface area contributed by atoms with Gasteiger partial charge in [0.1, 0.15) is 11.6 Å². The molecule has 0 aliphatic rings. The van der Waals surface area contributed by atoms with E-state index in [1.165, 1.54) is 16.8 Å². The van der Waals surface area contributed by atoms with Crippen molar-refractivity contribution in [2.24, 2.45) is 7.05 Å². The highest BCUT2D eigenvalue weighted by Crippen LogP contribution is 2.17. The molecule has 1 heterocycles. The first-order valence-corrected chi connectivity index (χ1v) is 8.08. The number of hydrogen-bond donors (Lipinski definition) is 1. The van der Waals surface area contributed by atoms with E-state index in [-0.39, 0.29) is 11.1 Å². The van der Waals surface area contributed by atoms with Crippen LogP contribution in [-0.2, 0) is 13.5 Å². The molecule has 0 saturated heterocycles. The lowest BCUT2D eigenvalue weighted by Crippen LogP contribution is -2.33. The normalized spacial score (nSPS) is 10.7. The number of hydrogen-bond acceptors (Lipinski definition) is 4. The van der Waals surface area contributed by atoms with E-state index in [0.29, 0.717) is 18.5 Å². The third-order valence-corrected chi connectivity index (χ3v) is 4.10. The molecule has 134 valence electrons. The van der Waals surface area contributed by atoms with Crippen LogP contribution in [-0.4, -0.2) is 29.3 Å². The van der Waals surface area contributed by atoms with Gasteiger partial charge in [0, 0.05) is 13.6 Å². The number of fused-ring (bicyclic) bond motifs is 1. The Balaban J connectivity index is 1.80. The molecule has 0 aliphatic carbocycles. The molecular formula is C19H18FN3O3. The molecule has 2 aromatic carbocycles. The quantitative estimate of drug-likeness (QED) is 0.760.